The molecule has 0 aliphatic heterocycles. The molecule has 0 fully saturated rings. The second-order valence-corrected chi connectivity index (χ2v) is 4.90. The molecule has 0 radical (unpaired) electrons. The molecular formula is C15H15BN4O. The van der Waals surface area contributed by atoms with Gasteiger partial charge in [-0.3, -0.25) is 9.78 Å². The van der Waals surface area contributed by atoms with Crippen molar-refractivity contribution >= 4 is 36.1 Å². The van der Waals surface area contributed by atoms with Crippen LogP contribution in [0.5, 0.6) is 0 Å². The lowest BCUT2D eigenvalue weighted by Crippen LogP contribution is -2.18. The summed E-state index contributed by atoms with van der Waals surface area (Å²) in [4.78, 5) is 19.7. The summed E-state index contributed by atoms with van der Waals surface area (Å²) >= 11 is 0. The summed E-state index contributed by atoms with van der Waals surface area (Å²) < 4.78 is 1.91. The number of pyridine rings is 1. The van der Waals surface area contributed by atoms with E-state index in [2.05, 4.69) is 16.8 Å². The Kier molecular flexibility index (Phi) is 3.44. The number of benzene rings is 1. The summed E-state index contributed by atoms with van der Waals surface area (Å²) in [5, 5.41) is 0. The van der Waals surface area contributed by atoms with Crippen LogP contribution < -0.4 is 11.3 Å². The second kappa shape index (κ2) is 5.40. The minimum absolute atomic E-state index is 0.428. The van der Waals surface area contributed by atoms with Gasteiger partial charge in [0, 0.05) is 5.56 Å². The first kappa shape index (κ1) is 13.4. The van der Waals surface area contributed by atoms with E-state index in [1.165, 1.54) is 0 Å². The van der Waals surface area contributed by atoms with Crippen LogP contribution in [0.3, 0.4) is 0 Å². The number of fused-ring (bicyclic) bond motifs is 1. The van der Waals surface area contributed by atoms with Crippen molar-refractivity contribution in [2.75, 3.05) is 5.73 Å². The standard InChI is InChI=1S/C15H15BN4O/c1-16-14-4-2-3-11(18-14)8-20-13-6-5-10(9-21)7-12(13)19-15(20)17/h2-7,9,16H,8H2,1H3,(H2,17,19). The van der Waals surface area contributed by atoms with E-state index in [0.717, 1.165) is 35.9 Å². The Morgan fingerprint density at radius 3 is 2.90 bits per heavy atom. The van der Waals surface area contributed by atoms with Gasteiger partial charge in [-0.25, -0.2) is 4.98 Å². The van der Waals surface area contributed by atoms with Crippen molar-refractivity contribution in [2.45, 2.75) is 13.4 Å². The van der Waals surface area contributed by atoms with Gasteiger partial charge in [-0.05, 0) is 29.9 Å². The molecule has 0 aliphatic rings. The van der Waals surface area contributed by atoms with Crippen molar-refractivity contribution in [1.29, 1.82) is 0 Å². The van der Waals surface area contributed by atoms with Crippen LogP contribution in [0.4, 0.5) is 5.95 Å². The molecule has 2 N–H and O–H groups in total. The van der Waals surface area contributed by atoms with Crippen molar-refractivity contribution in [3.63, 3.8) is 0 Å². The number of hydrogen-bond acceptors (Lipinski definition) is 4. The van der Waals surface area contributed by atoms with E-state index in [9.17, 15) is 4.79 Å². The van der Waals surface area contributed by atoms with E-state index in [0.29, 0.717) is 18.1 Å². The lowest BCUT2D eigenvalue weighted by Gasteiger charge is -2.07. The van der Waals surface area contributed by atoms with Gasteiger partial charge in [-0.15, -0.1) is 0 Å². The molecular weight excluding hydrogens is 263 g/mol. The van der Waals surface area contributed by atoms with Crippen molar-refractivity contribution < 1.29 is 4.79 Å². The molecule has 21 heavy (non-hydrogen) atoms. The number of imidazole rings is 1. The second-order valence-electron chi connectivity index (χ2n) is 4.90. The number of aromatic nitrogens is 3. The van der Waals surface area contributed by atoms with Crippen LogP contribution in [0.15, 0.2) is 36.4 Å². The van der Waals surface area contributed by atoms with Gasteiger partial charge in [0.1, 0.15) is 6.29 Å². The molecule has 0 saturated heterocycles. The molecule has 0 amide bonds. The Bertz CT molecular complexity index is 813. The molecule has 0 saturated carbocycles. The minimum Gasteiger partial charge on any atom is -0.369 e. The molecule has 0 aliphatic carbocycles. The van der Waals surface area contributed by atoms with E-state index < -0.39 is 0 Å². The van der Waals surface area contributed by atoms with Crippen LogP contribution in [0.2, 0.25) is 6.82 Å². The Hall–Kier alpha value is -2.63. The first-order valence-corrected chi connectivity index (χ1v) is 6.87. The molecule has 1 aromatic carbocycles. The summed E-state index contributed by atoms with van der Waals surface area (Å²) in [6.45, 7) is 2.64. The van der Waals surface area contributed by atoms with Crippen molar-refractivity contribution in [2.24, 2.45) is 0 Å². The zero-order valence-electron chi connectivity index (χ0n) is 11.8. The third-order valence-electron chi connectivity index (χ3n) is 3.48. The number of nitrogens with two attached hydrogens (primary N) is 1. The average Bonchev–Trinajstić information content (AvgIpc) is 2.82. The summed E-state index contributed by atoms with van der Waals surface area (Å²) in [5.74, 6) is 0.428. The van der Waals surface area contributed by atoms with Crippen molar-refractivity contribution in [3.05, 3.63) is 47.7 Å². The number of nitrogens with zero attached hydrogens (tertiary/aromatic N) is 3. The largest absolute Gasteiger partial charge is 0.369 e. The minimum atomic E-state index is 0.428. The van der Waals surface area contributed by atoms with Crippen LogP contribution in [0.1, 0.15) is 16.1 Å². The number of carbonyl (C=O) groups is 1. The number of aldehydes is 1. The van der Waals surface area contributed by atoms with Gasteiger partial charge >= 0.3 is 0 Å². The van der Waals surface area contributed by atoms with Crippen LogP contribution in [-0.4, -0.2) is 28.1 Å². The third kappa shape index (κ3) is 2.52. The molecule has 3 rings (SSSR count). The lowest BCUT2D eigenvalue weighted by molar-refractivity contribution is 0.112. The highest BCUT2D eigenvalue weighted by Crippen LogP contribution is 2.19. The molecule has 0 atom stereocenters. The van der Waals surface area contributed by atoms with E-state index >= 15 is 0 Å². The highest BCUT2D eigenvalue weighted by Gasteiger charge is 2.10. The molecule has 0 unspecified atom stereocenters. The van der Waals surface area contributed by atoms with Gasteiger partial charge in [0.2, 0.25) is 5.95 Å². The molecule has 2 heterocycles. The molecule has 0 spiro atoms. The van der Waals surface area contributed by atoms with Crippen LogP contribution in [-0.2, 0) is 6.54 Å². The number of carbonyl (C=O) groups excluding carboxylic acids is 1. The smallest absolute Gasteiger partial charge is 0.201 e. The number of hydrogen-bond donors (Lipinski definition) is 1. The number of rotatable bonds is 4. The first-order valence-electron chi connectivity index (χ1n) is 6.87. The maximum absolute atomic E-state index is 10.8. The van der Waals surface area contributed by atoms with Crippen molar-refractivity contribution in [3.8, 4) is 0 Å². The molecule has 6 heteroatoms. The fourth-order valence-corrected chi connectivity index (χ4v) is 2.38. The Balaban J connectivity index is 2.03. The average molecular weight is 278 g/mol. The predicted octanol–water partition coefficient (Wildman–Crippen LogP) is 0.984. The molecule has 3 aromatic rings. The van der Waals surface area contributed by atoms with E-state index in [1.807, 2.05) is 28.8 Å². The Labute approximate surface area is 123 Å². The highest BCUT2D eigenvalue weighted by molar-refractivity contribution is 6.50. The van der Waals surface area contributed by atoms with Gasteiger partial charge in [-0.1, -0.05) is 19.0 Å². The monoisotopic (exact) mass is 278 g/mol. The summed E-state index contributed by atoms with van der Waals surface area (Å²) in [6, 6.07) is 11.4. The number of anilines is 1. The van der Waals surface area contributed by atoms with E-state index in [-0.39, 0.29) is 0 Å². The van der Waals surface area contributed by atoms with Gasteiger partial charge in [0.15, 0.2) is 7.28 Å². The summed E-state index contributed by atoms with van der Waals surface area (Å²) in [7, 11) is 0.899. The SMILES string of the molecule is CBc1cccc(Cn2c(N)nc3cc(C=O)ccc32)n1. The van der Waals surface area contributed by atoms with E-state index in [1.54, 1.807) is 12.1 Å². The van der Waals surface area contributed by atoms with E-state index in [4.69, 9.17) is 5.73 Å². The Morgan fingerprint density at radius 1 is 1.29 bits per heavy atom. The van der Waals surface area contributed by atoms with Crippen LogP contribution in [0.25, 0.3) is 11.0 Å². The fraction of sp³-hybridized carbons (Fsp3) is 0.133. The topological polar surface area (TPSA) is 73.8 Å². The molecule has 0 bridgehead atoms. The van der Waals surface area contributed by atoms with Crippen LogP contribution in [0, 0.1) is 0 Å². The normalized spacial score (nSPS) is 10.7. The van der Waals surface area contributed by atoms with Crippen molar-refractivity contribution in [1.82, 2.24) is 14.5 Å². The van der Waals surface area contributed by atoms with Crippen LogP contribution >= 0.6 is 0 Å². The fourth-order valence-electron chi connectivity index (χ4n) is 2.38. The zero-order valence-corrected chi connectivity index (χ0v) is 11.8. The summed E-state index contributed by atoms with van der Waals surface area (Å²) in [6.07, 6.45) is 0.806. The molecule has 104 valence electrons. The molecule has 2 aromatic heterocycles. The quantitative estimate of drug-likeness (QED) is 0.570. The molecule has 5 nitrogen and oxygen atoms in total. The Morgan fingerprint density at radius 2 is 2.14 bits per heavy atom. The number of nitrogen functional groups attached to an aromatic ring is 1. The van der Waals surface area contributed by atoms with Gasteiger partial charge in [-0.2, -0.15) is 0 Å². The first-order chi connectivity index (χ1) is 10.2. The summed E-state index contributed by atoms with van der Waals surface area (Å²) in [5.41, 5.74) is 10.2. The highest BCUT2D eigenvalue weighted by atomic mass is 16.1. The maximum atomic E-state index is 10.8. The van der Waals surface area contributed by atoms with Gasteiger partial charge in [0.25, 0.3) is 0 Å². The van der Waals surface area contributed by atoms with Gasteiger partial charge < -0.3 is 10.3 Å². The maximum Gasteiger partial charge on any atom is 0.201 e. The third-order valence-corrected chi connectivity index (χ3v) is 3.48. The predicted molar refractivity (Wildman–Crippen MR) is 85.5 cm³/mol. The lowest BCUT2D eigenvalue weighted by atomic mass is 9.77. The van der Waals surface area contributed by atoms with Gasteiger partial charge in [0.05, 0.1) is 23.3 Å². The zero-order chi connectivity index (χ0) is 14.8.